The molecule has 0 amide bonds. The van der Waals surface area contributed by atoms with Crippen molar-refractivity contribution in [2.45, 2.75) is 55.1 Å². The second-order valence-electron chi connectivity index (χ2n) is 8.96. The van der Waals surface area contributed by atoms with E-state index in [1.54, 1.807) is 16.7 Å². The number of halogens is 2. The molecule has 2 bridgehead atoms. The number of piperazine rings is 1. The van der Waals surface area contributed by atoms with Crippen LogP contribution in [-0.2, 0) is 10.0 Å². The lowest BCUT2D eigenvalue weighted by molar-refractivity contribution is 0.150. The Balaban J connectivity index is 1.51. The first-order chi connectivity index (χ1) is 15.2. The summed E-state index contributed by atoms with van der Waals surface area (Å²) in [5.74, 6) is 0.294. The Morgan fingerprint density at radius 2 is 2.16 bits per heavy atom. The molecular formula is C19H21F2N7O2S2. The Labute approximate surface area is 186 Å². The van der Waals surface area contributed by atoms with Crippen LogP contribution in [0.3, 0.4) is 0 Å². The van der Waals surface area contributed by atoms with Crippen molar-refractivity contribution in [2.75, 3.05) is 18.0 Å². The Morgan fingerprint density at radius 1 is 1.34 bits per heavy atom. The standard InChI is InChI=1S/C19H21F2N7O2S2/c1-19(2-3-19)26-32(29,30)12-5-13(27-8-10-4-11(27)6-22-10)14-7-23-16(28(14)9-12)18-25-24-17(31-18)15(20)21/h5,7,9-11,15,22,26H,2-4,6,8H2,1H3. The maximum absolute atomic E-state index is 13.2. The molecule has 170 valence electrons. The molecule has 2 atom stereocenters. The number of aromatic nitrogens is 4. The minimum atomic E-state index is -3.79. The topological polar surface area (TPSA) is 105 Å². The van der Waals surface area contributed by atoms with Crippen molar-refractivity contribution >= 4 is 32.6 Å². The molecule has 0 aromatic carbocycles. The fraction of sp³-hybridized carbons (Fsp3) is 0.526. The second kappa shape index (κ2) is 6.89. The van der Waals surface area contributed by atoms with Gasteiger partial charge in [0.2, 0.25) is 10.0 Å². The number of rotatable bonds is 6. The van der Waals surface area contributed by atoms with Gasteiger partial charge >= 0.3 is 0 Å². The fourth-order valence-electron chi connectivity index (χ4n) is 4.53. The highest BCUT2D eigenvalue weighted by Crippen LogP contribution is 2.39. The first-order valence-corrected chi connectivity index (χ1v) is 12.7. The van der Waals surface area contributed by atoms with Crippen LogP contribution >= 0.6 is 11.3 Å². The van der Waals surface area contributed by atoms with E-state index in [0.717, 1.165) is 49.4 Å². The summed E-state index contributed by atoms with van der Waals surface area (Å²) >= 11 is 0.753. The molecule has 2 saturated heterocycles. The number of nitrogens with zero attached hydrogens (tertiary/aromatic N) is 5. The smallest absolute Gasteiger partial charge is 0.291 e. The number of anilines is 1. The van der Waals surface area contributed by atoms with Crippen LogP contribution in [0.5, 0.6) is 0 Å². The summed E-state index contributed by atoms with van der Waals surface area (Å²) in [5, 5.41) is 10.7. The normalized spacial score (nSPS) is 24.2. The maximum Gasteiger partial charge on any atom is 0.291 e. The van der Waals surface area contributed by atoms with Gasteiger partial charge in [-0.3, -0.25) is 4.40 Å². The van der Waals surface area contributed by atoms with E-state index < -0.39 is 27.0 Å². The van der Waals surface area contributed by atoms with E-state index in [4.69, 9.17) is 0 Å². The van der Waals surface area contributed by atoms with E-state index >= 15 is 0 Å². The lowest BCUT2D eigenvalue weighted by Crippen LogP contribution is -2.44. The molecule has 0 spiro atoms. The molecule has 2 N–H and O–H groups in total. The van der Waals surface area contributed by atoms with Crippen LogP contribution < -0.4 is 14.9 Å². The lowest BCUT2D eigenvalue weighted by atomic mass is 10.2. The van der Waals surface area contributed by atoms with Crippen LogP contribution in [0.1, 0.15) is 37.6 Å². The van der Waals surface area contributed by atoms with Crippen LogP contribution in [0.2, 0.25) is 0 Å². The minimum absolute atomic E-state index is 0.113. The summed E-state index contributed by atoms with van der Waals surface area (Å²) in [4.78, 5) is 6.74. The Kier molecular flexibility index (Phi) is 4.39. The highest BCUT2D eigenvalue weighted by atomic mass is 32.2. The average molecular weight is 482 g/mol. The lowest BCUT2D eigenvalue weighted by Gasteiger charge is -2.30. The molecule has 1 saturated carbocycles. The van der Waals surface area contributed by atoms with Gasteiger partial charge in [-0.2, -0.15) is 0 Å². The number of sulfonamides is 1. The van der Waals surface area contributed by atoms with Crippen LogP contribution in [-0.4, -0.2) is 58.7 Å². The van der Waals surface area contributed by atoms with E-state index in [0.29, 0.717) is 17.4 Å². The molecule has 2 aliphatic heterocycles. The molecule has 3 aromatic rings. The number of pyridine rings is 1. The van der Waals surface area contributed by atoms with Gasteiger partial charge in [-0.25, -0.2) is 26.9 Å². The molecule has 2 unspecified atom stereocenters. The van der Waals surface area contributed by atoms with Crippen LogP contribution in [0.25, 0.3) is 16.3 Å². The van der Waals surface area contributed by atoms with Gasteiger partial charge in [0, 0.05) is 36.9 Å². The van der Waals surface area contributed by atoms with Gasteiger partial charge in [0.05, 0.1) is 17.4 Å². The Morgan fingerprint density at radius 3 is 2.78 bits per heavy atom. The van der Waals surface area contributed by atoms with Crippen molar-refractivity contribution in [1.82, 2.24) is 29.6 Å². The average Bonchev–Trinajstić information content (AvgIpc) is 3.29. The van der Waals surface area contributed by atoms with Crippen LogP contribution in [0.15, 0.2) is 23.4 Å². The predicted octanol–water partition coefficient (Wildman–Crippen LogP) is 2.17. The third kappa shape index (κ3) is 3.29. The SMILES string of the molecule is CC1(NS(=O)(=O)c2cc(N3CC4CC3CN4)c3cnc(-c4nnc(C(F)F)s4)n3c2)CC1. The van der Waals surface area contributed by atoms with Gasteiger partial charge in [-0.1, -0.05) is 11.3 Å². The van der Waals surface area contributed by atoms with Gasteiger partial charge in [-0.15, -0.1) is 10.2 Å². The molecule has 32 heavy (non-hydrogen) atoms. The van der Waals surface area contributed by atoms with Crippen LogP contribution in [0, 0.1) is 0 Å². The van der Waals surface area contributed by atoms with E-state index in [1.807, 2.05) is 6.92 Å². The number of hydrogen-bond donors (Lipinski definition) is 2. The molecule has 0 radical (unpaired) electrons. The predicted molar refractivity (Wildman–Crippen MR) is 115 cm³/mol. The zero-order valence-corrected chi connectivity index (χ0v) is 18.8. The van der Waals surface area contributed by atoms with Gasteiger partial charge < -0.3 is 10.2 Å². The third-order valence-corrected chi connectivity index (χ3v) is 9.00. The summed E-state index contributed by atoms with van der Waals surface area (Å²) in [5.41, 5.74) is 1.05. The Hall–Kier alpha value is -2.22. The highest BCUT2D eigenvalue weighted by Gasteiger charge is 2.42. The van der Waals surface area contributed by atoms with E-state index in [2.05, 4.69) is 30.1 Å². The fourth-order valence-corrected chi connectivity index (χ4v) is 6.71. The van der Waals surface area contributed by atoms with Gasteiger partial charge in [0.1, 0.15) is 4.90 Å². The first-order valence-electron chi connectivity index (χ1n) is 10.4. The zero-order chi connectivity index (χ0) is 22.3. The molecule has 13 heteroatoms. The van der Waals surface area contributed by atoms with E-state index in [9.17, 15) is 17.2 Å². The molecule has 5 heterocycles. The molecular weight excluding hydrogens is 460 g/mol. The number of nitrogens with one attached hydrogen (secondary N) is 2. The summed E-state index contributed by atoms with van der Waals surface area (Å²) in [6.07, 6.45) is 2.98. The van der Waals surface area contributed by atoms with Gasteiger partial charge in [-0.05, 0) is 32.3 Å². The van der Waals surface area contributed by atoms with E-state index in [1.165, 1.54) is 6.20 Å². The quantitative estimate of drug-likeness (QED) is 0.556. The van der Waals surface area contributed by atoms with Crippen LogP contribution in [0.4, 0.5) is 14.5 Å². The molecule has 3 aromatic heterocycles. The summed E-state index contributed by atoms with van der Waals surface area (Å²) < 4.78 is 57.0. The highest BCUT2D eigenvalue weighted by molar-refractivity contribution is 7.89. The van der Waals surface area contributed by atoms with E-state index in [-0.39, 0.29) is 15.9 Å². The zero-order valence-electron chi connectivity index (χ0n) is 17.1. The van der Waals surface area contributed by atoms with Crippen molar-refractivity contribution < 1.29 is 17.2 Å². The second-order valence-corrected chi connectivity index (χ2v) is 11.6. The number of hydrogen-bond acceptors (Lipinski definition) is 8. The monoisotopic (exact) mass is 481 g/mol. The Bertz CT molecular complexity index is 1320. The van der Waals surface area contributed by atoms with Crippen molar-refractivity contribution in [3.8, 4) is 10.8 Å². The molecule has 3 aliphatic rings. The summed E-state index contributed by atoms with van der Waals surface area (Å²) in [6.45, 7) is 3.48. The summed E-state index contributed by atoms with van der Waals surface area (Å²) in [6, 6.07) is 2.32. The molecule has 3 fully saturated rings. The van der Waals surface area contributed by atoms with Gasteiger partial charge in [0.15, 0.2) is 15.8 Å². The summed E-state index contributed by atoms with van der Waals surface area (Å²) in [7, 11) is -3.79. The van der Waals surface area contributed by atoms with Crippen molar-refractivity contribution in [3.05, 3.63) is 23.5 Å². The van der Waals surface area contributed by atoms with Crippen molar-refractivity contribution in [1.29, 1.82) is 0 Å². The molecule has 9 nitrogen and oxygen atoms in total. The van der Waals surface area contributed by atoms with Gasteiger partial charge in [0.25, 0.3) is 6.43 Å². The maximum atomic E-state index is 13.2. The van der Waals surface area contributed by atoms with Crippen molar-refractivity contribution in [2.24, 2.45) is 0 Å². The number of imidazole rings is 1. The molecule has 6 rings (SSSR count). The van der Waals surface area contributed by atoms with Crippen molar-refractivity contribution in [3.63, 3.8) is 0 Å². The minimum Gasteiger partial charge on any atom is -0.364 e. The first kappa shape index (κ1) is 20.4. The number of alkyl halides is 2. The largest absolute Gasteiger partial charge is 0.364 e. The number of fused-ring (bicyclic) bond motifs is 3. The third-order valence-electron chi connectivity index (χ3n) is 6.47. The molecule has 1 aliphatic carbocycles.